The summed E-state index contributed by atoms with van der Waals surface area (Å²) in [6.45, 7) is 5.94. The molecule has 23 heteroatoms. The van der Waals surface area contributed by atoms with Gasteiger partial charge in [0.1, 0.15) is 41.0 Å². The van der Waals surface area contributed by atoms with Crippen molar-refractivity contribution in [3.05, 3.63) is 99.9 Å². The van der Waals surface area contributed by atoms with Gasteiger partial charge >= 0.3 is 15.2 Å². The predicted octanol–water partition coefficient (Wildman–Crippen LogP) is 7.96. The molecule has 0 aliphatic carbocycles. The second kappa shape index (κ2) is 22.6. The molecule has 4 atom stereocenters. The molecule has 4 unspecified atom stereocenters. The van der Waals surface area contributed by atoms with Crippen LogP contribution in [0.2, 0.25) is 0 Å². The normalized spacial score (nSPS) is 15.0. The molecule has 0 heterocycles. The van der Waals surface area contributed by atoms with Gasteiger partial charge in [-0.25, -0.2) is 0 Å². The van der Waals surface area contributed by atoms with Crippen molar-refractivity contribution in [1.29, 1.82) is 0 Å². The van der Waals surface area contributed by atoms with Crippen molar-refractivity contribution in [1.82, 2.24) is 14.5 Å². The third-order valence-electron chi connectivity index (χ3n) is 8.38. The van der Waals surface area contributed by atoms with Crippen LogP contribution < -0.4 is 14.2 Å². The molecule has 0 aromatic heterocycles. The predicted molar refractivity (Wildman–Crippen MR) is 244 cm³/mol. The first-order valence-corrected chi connectivity index (χ1v) is 27.2. The van der Waals surface area contributed by atoms with Gasteiger partial charge in [0, 0.05) is 25.6 Å². The van der Waals surface area contributed by atoms with E-state index in [-0.39, 0.29) is 12.4 Å². The maximum absolute atomic E-state index is 11.5. The highest BCUT2D eigenvalue weighted by atomic mass is 32.4. The van der Waals surface area contributed by atoms with Crippen LogP contribution in [0.5, 0.6) is 17.2 Å². The maximum Gasteiger partial charge on any atom is 0.339 e. The van der Waals surface area contributed by atoms with Crippen LogP contribution in [-0.2, 0) is 39.2 Å². The Morgan fingerprint density at radius 2 is 1.29 bits per heavy atom. The van der Waals surface area contributed by atoms with Crippen molar-refractivity contribution in [2.75, 3.05) is 33.2 Å². The minimum Gasteiger partial charge on any atom is -0.484 e. The molecule has 3 rings (SSSR count). The summed E-state index contributed by atoms with van der Waals surface area (Å²) in [4.78, 5) is 41.2. The van der Waals surface area contributed by atoms with E-state index in [1.165, 1.54) is 0 Å². The molecule has 59 heavy (non-hydrogen) atoms. The Bertz CT molecular complexity index is 2060. The molecule has 17 nitrogen and oxygen atoms in total. The van der Waals surface area contributed by atoms with Crippen LogP contribution >= 0.6 is 28.9 Å². The molecule has 0 fully saturated rings. The van der Waals surface area contributed by atoms with Gasteiger partial charge in [0.2, 0.25) is 0 Å². The van der Waals surface area contributed by atoms with Crippen molar-refractivity contribution in [3.63, 3.8) is 0 Å². The number of hydrogen-bond acceptors (Lipinski definition) is 11. The molecule has 0 aliphatic heterocycles. The highest BCUT2D eigenvalue weighted by molar-refractivity contribution is 8.04. The molecular weight excluding hydrogens is 876 g/mol. The van der Waals surface area contributed by atoms with Crippen molar-refractivity contribution in [2.24, 2.45) is 15.3 Å². The van der Waals surface area contributed by atoms with E-state index in [4.69, 9.17) is 43.4 Å². The first kappa shape index (κ1) is 50.2. The largest absolute Gasteiger partial charge is 0.484 e. The van der Waals surface area contributed by atoms with Gasteiger partial charge in [0.15, 0.2) is 5.72 Å². The Morgan fingerprint density at radius 3 is 1.78 bits per heavy atom. The van der Waals surface area contributed by atoms with Crippen LogP contribution in [0.25, 0.3) is 10.4 Å². The van der Waals surface area contributed by atoms with Gasteiger partial charge in [-0.2, -0.15) is 10.2 Å². The fourth-order valence-electron chi connectivity index (χ4n) is 5.60. The quantitative estimate of drug-likeness (QED) is 0.0167. The number of rotatable bonds is 24. The minimum atomic E-state index is -4.51. The van der Waals surface area contributed by atoms with Gasteiger partial charge in [-0.05, 0) is 129 Å². The van der Waals surface area contributed by atoms with Crippen LogP contribution in [0.3, 0.4) is 0 Å². The van der Waals surface area contributed by atoms with Gasteiger partial charge in [-0.1, -0.05) is 49.1 Å². The number of hydrazone groups is 2. The van der Waals surface area contributed by atoms with Gasteiger partial charge in [0.05, 0.1) is 26.1 Å². The number of ether oxygens (including phenoxy) is 3. The molecule has 0 spiro atoms. The Hall–Kier alpha value is -3.13. The lowest BCUT2D eigenvalue weighted by molar-refractivity contribution is 0.117. The molecule has 3 aromatic carbocycles. The van der Waals surface area contributed by atoms with E-state index in [1.54, 1.807) is 72.2 Å². The van der Waals surface area contributed by atoms with Crippen LogP contribution in [-0.4, -0.2) is 96.6 Å². The lowest BCUT2D eigenvalue weighted by Gasteiger charge is -2.35. The molecule has 4 N–H and O–H groups in total. The summed E-state index contributed by atoms with van der Waals surface area (Å²) >= 11 is 11.9. The van der Waals surface area contributed by atoms with E-state index in [0.29, 0.717) is 30.1 Å². The van der Waals surface area contributed by atoms with Gasteiger partial charge in [-0.3, -0.25) is 23.6 Å². The summed E-state index contributed by atoms with van der Waals surface area (Å²) in [5.41, 5.74) is 10.2. The van der Waals surface area contributed by atoms with Crippen LogP contribution in [0.15, 0.2) is 88.1 Å². The third-order valence-corrected chi connectivity index (χ3v) is 17.3. The average molecular weight is 931 g/mol. The average Bonchev–Trinajstić information content (AvgIpc) is 3.14. The second-order valence-electron chi connectivity index (χ2n) is 14.3. The fraction of sp³-hybridized carbons (Fsp3) is 0.444. The SMILES string of the molecule is CCCC(C)(Oc1ccc(CCN(CP(=O)(O)O)CP(=O)(O)O)cc1)[PH](=S)N(C)/N=C/c1ccc(OC(C)[PH](=S)N(C)/N=C/c2ccc(OC(C)(C)N=[N+]=[N-])cc2)cc1. The van der Waals surface area contributed by atoms with E-state index in [0.717, 1.165) is 28.0 Å². The highest BCUT2D eigenvalue weighted by Gasteiger charge is 2.32. The standard InChI is InChI=1S/C36H54N8O9P4S2/c1-8-22-36(5,53-34-17-9-29(10-18-34)21-23-44(26-56(45,46)47)27-57(48,49)50)55(59)43(7)39-25-30-11-15-32(16-12-30)51-28(2)54(58)42(6)38-24-31-13-19-33(20-14-31)52-35(3,4)40-41-37/h9-20,24-25,28,54-55H,8,21-23,26-27H2,1-7H3,(H2,45,46,47)(H2,48,49,50)/b38-24+,39-25+. The summed E-state index contributed by atoms with van der Waals surface area (Å²) in [5, 5.41) is 12.1. The minimum absolute atomic E-state index is 0.0441. The Balaban J connectivity index is 1.56. The highest BCUT2D eigenvalue weighted by Crippen LogP contribution is 2.46. The van der Waals surface area contributed by atoms with E-state index in [1.807, 2.05) is 64.3 Å². The number of hydrogen-bond donors (Lipinski definition) is 4. The zero-order valence-corrected chi connectivity index (χ0v) is 39.4. The second-order valence-corrected chi connectivity index (χ2v) is 24.4. The number of benzene rings is 3. The molecule has 0 radical (unpaired) electrons. The lowest BCUT2D eigenvalue weighted by atomic mass is 10.1. The lowest BCUT2D eigenvalue weighted by Crippen LogP contribution is -2.31. The molecule has 0 saturated carbocycles. The van der Waals surface area contributed by atoms with E-state index < -0.39 is 52.5 Å². The zero-order valence-electron chi connectivity index (χ0n) is 34.0. The molecule has 0 aliphatic rings. The maximum atomic E-state index is 11.5. The molecular formula is C36H54N8O9P4S2. The third kappa shape index (κ3) is 18.2. The van der Waals surface area contributed by atoms with E-state index in [9.17, 15) is 28.7 Å². The van der Waals surface area contributed by atoms with Crippen molar-refractivity contribution in [3.8, 4) is 17.2 Å². The summed E-state index contributed by atoms with van der Waals surface area (Å²) in [6, 6.07) is 21.9. The van der Waals surface area contributed by atoms with E-state index in [2.05, 4.69) is 27.2 Å². The Labute approximate surface area is 357 Å². The molecule has 324 valence electrons. The topological polar surface area (TPSA) is 226 Å². The van der Waals surface area contributed by atoms with Crippen molar-refractivity contribution in [2.45, 2.75) is 70.8 Å². The number of azide groups is 1. The molecule has 3 aromatic rings. The van der Waals surface area contributed by atoms with Gasteiger partial charge < -0.3 is 33.8 Å². The summed E-state index contributed by atoms with van der Waals surface area (Å²) in [7, 11) is -5.36. The monoisotopic (exact) mass is 930 g/mol. The first-order chi connectivity index (χ1) is 27.5. The first-order valence-electron chi connectivity index (χ1n) is 18.4. The summed E-state index contributed by atoms with van der Waals surface area (Å²) in [6.07, 6.45) is 3.77. The van der Waals surface area contributed by atoms with Gasteiger partial charge in [0.25, 0.3) is 0 Å². The number of nitrogens with zero attached hydrogens (tertiary/aromatic N) is 8. The smallest absolute Gasteiger partial charge is 0.339 e. The van der Waals surface area contributed by atoms with Gasteiger partial charge in [-0.15, -0.1) is 0 Å². The summed E-state index contributed by atoms with van der Waals surface area (Å²) < 4.78 is 44.9. The van der Waals surface area contributed by atoms with Crippen LogP contribution in [0.1, 0.15) is 64.2 Å². The molecule has 0 bridgehead atoms. The molecule has 0 amide bonds. The van der Waals surface area contributed by atoms with Crippen molar-refractivity contribution >= 4 is 64.9 Å². The van der Waals surface area contributed by atoms with E-state index >= 15 is 0 Å². The Morgan fingerprint density at radius 1 is 0.814 bits per heavy atom. The fourth-order valence-corrected chi connectivity index (χ4v) is 10.6. The van der Waals surface area contributed by atoms with Crippen molar-refractivity contribution < 1.29 is 42.9 Å². The van der Waals surface area contributed by atoms with Crippen LogP contribution in [0, 0.1) is 0 Å². The van der Waals surface area contributed by atoms with Crippen LogP contribution in [0.4, 0.5) is 0 Å². The zero-order chi connectivity index (χ0) is 44.0. The summed E-state index contributed by atoms with van der Waals surface area (Å²) in [5.74, 6) is 1.55. The molecule has 0 saturated heterocycles. The Kier molecular flexibility index (Phi) is 19.3.